The Hall–Kier alpha value is -2.54. The zero-order valence-electron chi connectivity index (χ0n) is 12.9. The van der Waals surface area contributed by atoms with Gasteiger partial charge in [-0.2, -0.15) is 13.2 Å². The minimum Gasteiger partial charge on any atom is -0.380 e. The van der Waals surface area contributed by atoms with E-state index in [1.807, 2.05) is 5.32 Å². The highest BCUT2D eigenvalue weighted by Crippen LogP contribution is 2.32. The third kappa shape index (κ3) is 4.73. The van der Waals surface area contributed by atoms with Crippen molar-refractivity contribution >= 4 is 11.7 Å². The van der Waals surface area contributed by atoms with Crippen LogP contribution in [-0.2, 0) is 11.3 Å². The van der Waals surface area contributed by atoms with Crippen molar-refractivity contribution < 1.29 is 22.7 Å². The normalized spacial score (nSPS) is 12.5. The van der Waals surface area contributed by atoms with E-state index in [0.29, 0.717) is 11.3 Å². The molecule has 2 rings (SSSR count). The summed E-state index contributed by atoms with van der Waals surface area (Å²) in [5, 5.41) is 4.41. The van der Waals surface area contributed by atoms with Gasteiger partial charge in [-0.1, -0.05) is 48.5 Å². The van der Waals surface area contributed by atoms with Crippen LogP contribution >= 0.6 is 0 Å². The number of ether oxygens (including phenoxy) is 1. The van der Waals surface area contributed by atoms with Gasteiger partial charge in [-0.25, -0.2) is 4.79 Å². The Labute approximate surface area is 137 Å². The van der Waals surface area contributed by atoms with E-state index in [2.05, 4.69) is 5.32 Å². The minimum absolute atomic E-state index is 0.0367. The third-order valence-electron chi connectivity index (χ3n) is 3.30. The van der Waals surface area contributed by atoms with Crippen molar-refractivity contribution in [1.82, 2.24) is 5.32 Å². The Morgan fingerprint density at radius 3 is 2.33 bits per heavy atom. The molecule has 2 aromatic rings. The average molecular weight is 338 g/mol. The molecule has 0 unspecified atom stereocenters. The predicted molar refractivity (Wildman–Crippen MR) is 84.5 cm³/mol. The van der Waals surface area contributed by atoms with Gasteiger partial charge in [-0.05, 0) is 11.6 Å². The standard InChI is InChI=1S/C17H17F3N2O2/c1-24-11-13-9-5-6-10-14(13)21-16(23)22-15(17(18,19)20)12-7-3-2-4-8-12/h2-10,15H,11H2,1H3,(H2,21,22,23)/t15-/m0/s1. The first-order valence-corrected chi connectivity index (χ1v) is 7.18. The predicted octanol–water partition coefficient (Wildman–Crippen LogP) is 4.26. The van der Waals surface area contributed by atoms with Crippen LogP contribution in [0, 0.1) is 0 Å². The fourth-order valence-electron chi connectivity index (χ4n) is 2.21. The van der Waals surface area contributed by atoms with Crippen molar-refractivity contribution in [2.24, 2.45) is 0 Å². The number of nitrogens with one attached hydrogen (secondary N) is 2. The molecule has 2 aromatic carbocycles. The van der Waals surface area contributed by atoms with Crippen molar-refractivity contribution in [2.45, 2.75) is 18.8 Å². The number of carbonyl (C=O) groups is 1. The number of alkyl halides is 3. The summed E-state index contributed by atoms with van der Waals surface area (Å²) in [5.74, 6) is 0. The van der Waals surface area contributed by atoms with Crippen molar-refractivity contribution in [2.75, 3.05) is 12.4 Å². The number of urea groups is 1. The highest BCUT2D eigenvalue weighted by Gasteiger charge is 2.41. The summed E-state index contributed by atoms with van der Waals surface area (Å²) in [6, 6.07) is 10.9. The van der Waals surface area contributed by atoms with E-state index in [1.165, 1.54) is 31.4 Å². The van der Waals surface area contributed by atoms with Crippen LogP contribution in [0.4, 0.5) is 23.7 Å². The number of hydrogen-bond donors (Lipinski definition) is 2. The maximum atomic E-state index is 13.2. The lowest BCUT2D eigenvalue weighted by Crippen LogP contribution is -2.40. The molecule has 0 heterocycles. The minimum atomic E-state index is -4.61. The van der Waals surface area contributed by atoms with Crippen LogP contribution in [0.5, 0.6) is 0 Å². The second-order valence-corrected chi connectivity index (χ2v) is 5.07. The van der Waals surface area contributed by atoms with Gasteiger partial charge >= 0.3 is 12.2 Å². The fraction of sp³-hybridized carbons (Fsp3) is 0.235. The van der Waals surface area contributed by atoms with Gasteiger partial charge in [-0.3, -0.25) is 0 Å². The Morgan fingerprint density at radius 1 is 1.08 bits per heavy atom. The molecule has 0 aliphatic heterocycles. The van der Waals surface area contributed by atoms with Crippen LogP contribution in [0.2, 0.25) is 0 Å². The largest absolute Gasteiger partial charge is 0.412 e. The average Bonchev–Trinajstić information content (AvgIpc) is 2.54. The Morgan fingerprint density at radius 2 is 1.71 bits per heavy atom. The zero-order valence-corrected chi connectivity index (χ0v) is 12.9. The molecule has 7 heteroatoms. The Kier molecular flexibility index (Phi) is 5.81. The molecular weight excluding hydrogens is 321 g/mol. The number of hydrogen-bond acceptors (Lipinski definition) is 2. The van der Waals surface area contributed by atoms with Crippen molar-refractivity contribution in [3.63, 3.8) is 0 Å². The monoisotopic (exact) mass is 338 g/mol. The lowest BCUT2D eigenvalue weighted by Gasteiger charge is -2.22. The summed E-state index contributed by atoms with van der Waals surface area (Å²) < 4.78 is 44.7. The van der Waals surface area contributed by atoms with E-state index in [-0.39, 0.29) is 12.2 Å². The van der Waals surface area contributed by atoms with Crippen LogP contribution in [-0.4, -0.2) is 19.3 Å². The summed E-state index contributed by atoms with van der Waals surface area (Å²) in [7, 11) is 1.49. The van der Waals surface area contributed by atoms with E-state index in [0.717, 1.165) is 0 Å². The third-order valence-corrected chi connectivity index (χ3v) is 3.30. The highest BCUT2D eigenvalue weighted by atomic mass is 19.4. The molecule has 0 aliphatic rings. The second-order valence-electron chi connectivity index (χ2n) is 5.07. The number of rotatable bonds is 5. The first kappa shape index (κ1) is 17.8. The number of amides is 2. The number of para-hydroxylation sites is 1. The molecule has 0 aromatic heterocycles. The van der Waals surface area contributed by atoms with Gasteiger partial charge in [0.2, 0.25) is 0 Å². The van der Waals surface area contributed by atoms with E-state index in [9.17, 15) is 18.0 Å². The smallest absolute Gasteiger partial charge is 0.380 e. The first-order chi connectivity index (χ1) is 11.4. The van der Waals surface area contributed by atoms with Crippen LogP contribution in [0.3, 0.4) is 0 Å². The second kappa shape index (κ2) is 7.83. The molecule has 0 radical (unpaired) electrons. The molecule has 0 bridgehead atoms. The van der Waals surface area contributed by atoms with E-state index in [1.54, 1.807) is 30.3 Å². The lowest BCUT2D eigenvalue weighted by molar-refractivity contribution is -0.154. The quantitative estimate of drug-likeness (QED) is 0.856. The number of carbonyl (C=O) groups excluding carboxylic acids is 1. The van der Waals surface area contributed by atoms with Gasteiger partial charge in [0.05, 0.1) is 6.61 Å². The molecule has 0 fully saturated rings. The van der Waals surface area contributed by atoms with E-state index < -0.39 is 18.2 Å². The van der Waals surface area contributed by atoms with Crippen molar-refractivity contribution in [3.05, 3.63) is 65.7 Å². The molecule has 24 heavy (non-hydrogen) atoms. The summed E-state index contributed by atoms with van der Waals surface area (Å²) in [6.45, 7) is 0.234. The SMILES string of the molecule is COCc1ccccc1NC(=O)N[C@@H](c1ccccc1)C(F)(F)F. The molecular formula is C17H17F3N2O2. The maximum absolute atomic E-state index is 13.2. The zero-order chi connectivity index (χ0) is 17.6. The molecule has 4 nitrogen and oxygen atoms in total. The molecule has 0 saturated carbocycles. The molecule has 1 atom stereocenters. The number of halogens is 3. The molecule has 0 spiro atoms. The first-order valence-electron chi connectivity index (χ1n) is 7.18. The van der Waals surface area contributed by atoms with Gasteiger partial charge in [0.1, 0.15) is 0 Å². The molecule has 128 valence electrons. The summed E-state index contributed by atoms with van der Waals surface area (Å²) in [6.07, 6.45) is -4.61. The maximum Gasteiger partial charge on any atom is 0.412 e. The van der Waals surface area contributed by atoms with Gasteiger partial charge in [0, 0.05) is 18.4 Å². The molecule has 0 aliphatic carbocycles. The van der Waals surface area contributed by atoms with Gasteiger partial charge in [0.25, 0.3) is 0 Å². The van der Waals surface area contributed by atoms with Crippen molar-refractivity contribution in [1.29, 1.82) is 0 Å². The number of benzene rings is 2. The van der Waals surface area contributed by atoms with Crippen LogP contribution < -0.4 is 10.6 Å². The van der Waals surface area contributed by atoms with Crippen LogP contribution in [0.1, 0.15) is 17.2 Å². The van der Waals surface area contributed by atoms with Gasteiger partial charge in [-0.15, -0.1) is 0 Å². The van der Waals surface area contributed by atoms with E-state index >= 15 is 0 Å². The van der Waals surface area contributed by atoms with E-state index in [4.69, 9.17) is 4.74 Å². The summed E-state index contributed by atoms with van der Waals surface area (Å²) >= 11 is 0. The molecule has 2 N–H and O–H groups in total. The summed E-state index contributed by atoms with van der Waals surface area (Å²) in [4.78, 5) is 12.0. The van der Waals surface area contributed by atoms with Gasteiger partial charge in [0.15, 0.2) is 6.04 Å². The van der Waals surface area contributed by atoms with Crippen LogP contribution in [0.15, 0.2) is 54.6 Å². The number of methoxy groups -OCH3 is 1. The fourth-order valence-corrected chi connectivity index (χ4v) is 2.21. The Bertz CT molecular complexity index is 675. The lowest BCUT2D eigenvalue weighted by atomic mass is 10.1. The highest BCUT2D eigenvalue weighted by molar-refractivity contribution is 5.90. The van der Waals surface area contributed by atoms with Gasteiger partial charge < -0.3 is 15.4 Å². The number of anilines is 1. The summed E-state index contributed by atoms with van der Waals surface area (Å²) in [5.41, 5.74) is 1.02. The molecule has 0 saturated heterocycles. The Balaban J connectivity index is 2.15. The van der Waals surface area contributed by atoms with Crippen LogP contribution in [0.25, 0.3) is 0 Å². The molecule has 2 amide bonds. The van der Waals surface area contributed by atoms with Crippen molar-refractivity contribution in [3.8, 4) is 0 Å². The topological polar surface area (TPSA) is 50.4 Å².